The van der Waals surface area contributed by atoms with Gasteiger partial charge in [-0.15, -0.1) is 0 Å². The van der Waals surface area contributed by atoms with E-state index in [0.717, 1.165) is 25.7 Å². The molecule has 152 valence electrons. The van der Waals surface area contributed by atoms with Crippen molar-refractivity contribution < 1.29 is 19.1 Å². The highest BCUT2D eigenvalue weighted by Gasteiger charge is 2.20. The zero-order valence-electron chi connectivity index (χ0n) is 16.9. The van der Waals surface area contributed by atoms with E-state index in [1.54, 1.807) is 0 Å². The zero-order chi connectivity index (χ0) is 18.9. The molecule has 0 heterocycles. The fourth-order valence-electron chi connectivity index (χ4n) is 3.60. The fourth-order valence-corrected chi connectivity index (χ4v) is 3.60. The van der Waals surface area contributed by atoms with Crippen LogP contribution in [0.2, 0.25) is 0 Å². The van der Waals surface area contributed by atoms with Crippen molar-refractivity contribution in [1.82, 2.24) is 0 Å². The van der Waals surface area contributed by atoms with Crippen molar-refractivity contribution in [2.45, 2.75) is 110 Å². The smallest absolute Gasteiger partial charge is 0.417 e. The van der Waals surface area contributed by atoms with E-state index in [9.17, 15) is 9.59 Å². The molecule has 0 saturated heterocycles. The average Bonchev–Trinajstić information content (AvgIpc) is 2.67. The maximum Gasteiger partial charge on any atom is 0.417 e. The summed E-state index contributed by atoms with van der Waals surface area (Å²) >= 11 is 0. The lowest BCUT2D eigenvalue weighted by Gasteiger charge is -2.20. The van der Waals surface area contributed by atoms with E-state index in [1.807, 2.05) is 0 Å². The molecule has 0 spiro atoms. The summed E-state index contributed by atoms with van der Waals surface area (Å²) in [5, 5.41) is 0. The molecule has 0 aromatic heterocycles. The summed E-state index contributed by atoms with van der Waals surface area (Å²) in [5.41, 5.74) is 0. The first-order chi connectivity index (χ1) is 12.7. The number of carbonyl (C=O) groups is 2. The van der Waals surface area contributed by atoms with Crippen LogP contribution in [0.5, 0.6) is 0 Å². The van der Waals surface area contributed by atoms with Crippen LogP contribution in [0.1, 0.15) is 110 Å². The van der Waals surface area contributed by atoms with Gasteiger partial charge in [-0.25, -0.2) is 9.59 Å². The van der Waals surface area contributed by atoms with Gasteiger partial charge in [0.1, 0.15) is 0 Å². The quantitative estimate of drug-likeness (QED) is 0.215. The number of hydrogen-bond donors (Lipinski definition) is 0. The van der Waals surface area contributed by atoms with Crippen LogP contribution in [0.25, 0.3) is 0 Å². The monoisotopic (exact) mass is 368 g/mol. The van der Waals surface area contributed by atoms with Crippen LogP contribution >= 0.6 is 0 Å². The van der Waals surface area contributed by atoms with Gasteiger partial charge in [0, 0.05) is 0 Å². The van der Waals surface area contributed by atoms with Gasteiger partial charge in [-0.05, 0) is 25.2 Å². The van der Waals surface area contributed by atoms with Crippen molar-refractivity contribution in [3.63, 3.8) is 0 Å². The van der Waals surface area contributed by atoms with Gasteiger partial charge in [-0.1, -0.05) is 90.4 Å². The highest BCUT2D eigenvalue weighted by molar-refractivity contribution is 6.29. The van der Waals surface area contributed by atoms with Crippen molar-refractivity contribution in [3.8, 4) is 0 Å². The third-order valence-corrected chi connectivity index (χ3v) is 5.32. The number of esters is 2. The molecule has 0 unspecified atom stereocenters. The molecule has 0 amide bonds. The van der Waals surface area contributed by atoms with Gasteiger partial charge in [-0.3, -0.25) is 0 Å². The molecule has 1 rings (SSSR count). The molecule has 1 aliphatic carbocycles. The maximum atomic E-state index is 11.6. The molecule has 0 aromatic carbocycles. The molecule has 0 N–H and O–H groups in total. The minimum absolute atomic E-state index is 0.328. The molecular weight excluding hydrogens is 328 g/mol. The third kappa shape index (κ3) is 12.3. The highest BCUT2D eigenvalue weighted by atomic mass is 16.6. The van der Waals surface area contributed by atoms with Crippen molar-refractivity contribution in [2.75, 3.05) is 13.2 Å². The summed E-state index contributed by atoms with van der Waals surface area (Å²) in [7, 11) is 0. The van der Waals surface area contributed by atoms with Crippen LogP contribution in [0.4, 0.5) is 0 Å². The van der Waals surface area contributed by atoms with E-state index in [4.69, 9.17) is 9.47 Å². The second-order valence-corrected chi connectivity index (χ2v) is 7.77. The Morgan fingerprint density at radius 1 is 0.692 bits per heavy atom. The molecule has 4 heteroatoms. The van der Waals surface area contributed by atoms with Crippen molar-refractivity contribution in [1.29, 1.82) is 0 Å². The molecule has 0 aromatic rings. The maximum absolute atomic E-state index is 11.6. The molecular formula is C22H40O4. The number of rotatable bonds is 14. The lowest BCUT2D eigenvalue weighted by atomic mass is 9.90. The Kier molecular flexibility index (Phi) is 14.3. The van der Waals surface area contributed by atoms with Crippen molar-refractivity contribution in [3.05, 3.63) is 0 Å². The van der Waals surface area contributed by atoms with Gasteiger partial charge < -0.3 is 9.47 Å². The van der Waals surface area contributed by atoms with Crippen LogP contribution in [0, 0.1) is 5.92 Å². The minimum atomic E-state index is -0.826. The van der Waals surface area contributed by atoms with E-state index in [2.05, 4.69) is 6.92 Å². The molecule has 4 nitrogen and oxygen atoms in total. The molecule has 1 saturated carbocycles. The van der Waals surface area contributed by atoms with E-state index in [1.165, 1.54) is 77.0 Å². The summed E-state index contributed by atoms with van der Waals surface area (Å²) in [6.07, 6.45) is 19.6. The molecule has 0 atom stereocenters. The lowest BCUT2D eigenvalue weighted by Crippen LogP contribution is -2.24. The van der Waals surface area contributed by atoms with E-state index in [0.29, 0.717) is 19.1 Å². The summed E-state index contributed by atoms with van der Waals surface area (Å²) in [4.78, 5) is 23.2. The van der Waals surface area contributed by atoms with E-state index in [-0.39, 0.29) is 0 Å². The Balaban J connectivity index is 1.86. The number of unbranched alkanes of at least 4 members (excludes halogenated alkanes) is 10. The molecule has 0 aliphatic heterocycles. The number of hydrogen-bond acceptors (Lipinski definition) is 4. The van der Waals surface area contributed by atoms with E-state index < -0.39 is 11.9 Å². The van der Waals surface area contributed by atoms with Gasteiger partial charge in [0.2, 0.25) is 0 Å². The van der Waals surface area contributed by atoms with E-state index >= 15 is 0 Å². The standard InChI is InChI=1S/C22H40O4/c1-2-3-4-5-6-7-8-9-10-11-15-18-25-21(23)22(24)26-19-20-16-13-12-14-17-20/h20H,2-19H2,1H3. The van der Waals surface area contributed by atoms with Gasteiger partial charge in [0.15, 0.2) is 0 Å². The lowest BCUT2D eigenvalue weighted by molar-refractivity contribution is -0.168. The van der Waals surface area contributed by atoms with Crippen LogP contribution in [-0.2, 0) is 19.1 Å². The predicted octanol–water partition coefficient (Wildman–Crippen LogP) is 5.96. The van der Waals surface area contributed by atoms with Crippen LogP contribution in [-0.4, -0.2) is 25.2 Å². The molecule has 26 heavy (non-hydrogen) atoms. The van der Waals surface area contributed by atoms with Gasteiger partial charge in [0.25, 0.3) is 0 Å². The Hall–Kier alpha value is -1.06. The third-order valence-electron chi connectivity index (χ3n) is 5.32. The Morgan fingerprint density at radius 3 is 1.77 bits per heavy atom. The van der Waals surface area contributed by atoms with Crippen LogP contribution < -0.4 is 0 Å². The average molecular weight is 369 g/mol. The first kappa shape index (κ1) is 23.0. The molecule has 1 fully saturated rings. The van der Waals surface area contributed by atoms with Crippen LogP contribution in [0.15, 0.2) is 0 Å². The Bertz CT molecular complexity index is 361. The van der Waals surface area contributed by atoms with Gasteiger partial charge in [0.05, 0.1) is 13.2 Å². The Labute approximate surface area is 160 Å². The second-order valence-electron chi connectivity index (χ2n) is 7.77. The van der Waals surface area contributed by atoms with Gasteiger partial charge in [-0.2, -0.15) is 0 Å². The van der Waals surface area contributed by atoms with Gasteiger partial charge >= 0.3 is 11.9 Å². The normalized spacial score (nSPS) is 15.0. The predicted molar refractivity (Wildman–Crippen MR) is 105 cm³/mol. The minimum Gasteiger partial charge on any atom is -0.457 e. The molecule has 0 bridgehead atoms. The summed E-state index contributed by atoms with van der Waals surface area (Å²) in [6.45, 7) is 2.94. The topological polar surface area (TPSA) is 52.6 Å². The van der Waals surface area contributed by atoms with Crippen molar-refractivity contribution >= 4 is 11.9 Å². The zero-order valence-corrected chi connectivity index (χ0v) is 16.9. The first-order valence-corrected chi connectivity index (χ1v) is 11.1. The summed E-state index contributed by atoms with van der Waals surface area (Å²) in [6, 6.07) is 0. The summed E-state index contributed by atoms with van der Waals surface area (Å²) in [5.74, 6) is -1.22. The highest BCUT2D eigenvalue weighted by Crippen LogP contribution is 2.23. The summed E-state index contributed by atoms with van der Waals surface area (Å²) < 4.78 is 10.1. The van der Waals surface area contributed by atoms with Crippen LogP contribution in [0.3, 0.4) is 0 Å². The molecule has 1 aliphatic rings. The second kappa shape index (κ2) is 16.1. The first-order valence-electron chi connectivity index (χ1n) is 11.1. The van der Waals surface area contributed by atoms with Crippen molar-refractivity contribution in [2.24, 2.45) is 5.92 Å². The number of ether oxygens (including phenoxy) is 2. The Morgan fingerprint density at radius 2 is 1.19 bits per heavy atom. The largest absolute Gasteiger partial charge is 0.457 e. The SMILES string of the molecule is CCCCCCCCCCCCCOC(=O)C(=O)OCC1CCCCC1. The number of carbonyl (C=O) groups excluding carboxylic acids is 2. The molecule has 0 radical (unpaired) electrons. The fraction of sp³-hybridized carbons (Fsp3) is 0.909.